The lowest BCUT2D eigenvalue weighted by Crippen LogP contribution is -2.27. The van der Waals surface area contributed by atoms with Crippen molar-refractivity contribution in [3.63, 3.8) is 0 Å². The molecule has 0 N–H and O–H groups in total. The summed E-state index contributed by atoms with van der Waals surface area (Å²) < 4.78 is 0.967. The fourth-order valence-electron chi connectivity index (χ4n) is 1.55. The third-order valence-electron chi connectivity index (χ3n) is 2.61. The summed E-state index contributed by atoms with van der Waals surface area (Å²) >= 11 is 8.16. The third-order valence-corrected chi connectivity index (χ3v) is 4.18. The van der Waals surface area contributed by atoms with Crippen LogP contribution in [0.25, 0.3) is 0 Å². The van der Waals surface area contributed by atoms with Crippen molar-refractivity contribution in [3.8, 4) is 0 Å². The van der Waals surface area contributed by atoms with E-state index in [0.717, 1.165) is 29.4 Å². The quantitative estimate of drug-likeness (QED) is 0.565. The molecule has 0 radical (unpaired) electrons. The van der Waals surface area contributed by atoms with E-state index in [2.05, 4.69) is 29.5 Å². The van der Waals surface area contributed by atoms with Crippen LogP contribution in [0.4, 0.5) is 0 Å². The first-order valence-electron chi connectivity index (χ1n) is 5.76. The average Bonchev–Trinajstić information content (AvgIpc) is 2.32. The number of rotatable bonds is 5. The number of carbonyl (C=O) groups is 1. The Bertz CT molecular complexity index is 395. The molecule has 0 aliphatic rings. The molecule has 0 aliphatic heterocycles. The summed E-state index contributed by atoms with van der Waals surface area (Å²) in [4.78, 5) is 13.8. The Morgan fingerprint density at radius 1 is 1.41 bits per heavy atom. The number of amides is 1. The van der Waals surface area contributed by atoms with Gasteiger partial charge >= 0.3 is 0 Å². The molecule has 1 rings (SSSR count). The van der Waals surface area contributed by atoms with Gasteiger partial charge < -0.3 is 4.90 Å². The topological polar surface area (TPSA) is 20.3 Å². The molecule has 2 nitrogen and oxygen atoms in total. The third kappa shape index (κ3) is 4.47. The highest BCUT2D eigenvalue weighted by Gasteiger charge is 2.12. The molecule has 0 saturated heterocycles. The van der Waals surface area contributed by atoms with Gasteiger partial charge in [0.25, 0.3) is 5.91 Å². The summed E-state index contributed by atoms with van der Waals surface area (Å²) in [6, 6.07) is 5.43. The summed E-state index contributed by atoms with van der Waals surface area (Å²) in [6.07, 6.45) is 3.37. The Morgan fingerprint density at radius 3 is 2.71 bits per heavy atom. The van der Waals surface area contributed by atoms with Crippen LogP contribution in [0.2, 0.25) is 5.02 Å². The zero-order chi connectivity index (χ0) is 12.8. The lowest BCUT2D eigenvalue weighted by atomic mass is 10.2. The van der Waals surface area contributed by atoms with Crippen molar-refractivity contribution in [1.29, 1.82) is 0 Å². The molecule has 0 aliphatic carbocycles. The highest BCUT2D eigenvalue weighted by atomic mass is 127. The smallest absolute Gasteiger partial charge is 0.253 e. The van der Waals surface area contributed by atoms with Crippen molar-refractivity contribution in [3.05, 3.63) is 32.4 Å². The molecule has 0 unspecified atom stereocenters. The summed E-state index contributed by atoms with van der Waals surface area (Å²) in [5, 5.41) is 0.637. The van der Waals surface area contributed by atoms with Crippen molar-refractivity contribution in [2.75, 3.05) is 13.6 Å². The zero-order valence-electron chi connectivity index (χ0n) is 10.2. The molecular formula is C13H17ClINO. The van der Waals surface area contributed by atoms with Gasteiger partial charge in [-0.05, 0) is 47.2 Å². The maximum atomic E-state index is 12.1. The Labute approximate surface area is 121 Å². The van der Waals surface area contributed by atoms with E-state index < -0.39 is 0 Å². The molecule has 0 bridgehead atoms. The van der Waals surface area contributed by atoms with Crippen molar-refractivity contribution >= 4 is 40.1 Å². The fourth-order valence-corrected chi connectivity index (χ4v) is 2.07. The molecule has 1 aromatic rings. The zero-order valence-corrected chi connectivity index (χ0v) is 13.1. The first kappa shape index (κ1) is 14.8. The van der Waals surface area contributed by atoms with Crippen LogP contribution in [-0.4, -0.2) is 24.4 Å². The van der Waals surface area contributed by atoms with Crippen molar-refractivity contribution in [2.24, 2.45) is 0 Å². The largest absolute Gasteiger partial charge is 0.342 e. The van der Waals surface area contributed by atoms with Gasteiger partial charge in [0.15, 0.2) is 0 Å². The summed E-state index contributed by atoms with van der Waals surface area (Å²) in [5.74, 6) is 0.0411. The van der Waals surface area contributed by atoms with E-state index in [0.29, 0.717) is 10.6 Å². The molecule has 0 heterocycles. The van der Waals surface area contributed by atoms with Gasteiger partial charge in [-0.3, -0.25) is 4.79 Å². The molecule has 4 heteroatoms. The number of halogens is 2. The molecule has 0 spiro atoms. The van der Waals surface area contributed by atoms with E-state index in [9.17, 15) is 4.79 Å². The van der Waals surface area contributed by atoms with Crippen molar-refractivity contribution in [1.82, 2.24) is 4.90 Å². The highest BCUT2D eigenvalue weighted by molar-refractivity contribution is 14.1. The minimum absolute atomic E-state index is 0.0411. The van der Waals surface area contributed by atoms with E-state index in [1.165, 1.54) is 0 Å². The van der Waals surface area contributed by atoms with Crippen LogP contribution in [-0.2, 0) is 0 Å². The number of nitrogens with zero attached hydrogens (tertiary/aromatic N) is 1. The number of hydrogen-bond acceptors (Lipinski definition) is 1. The SMILES string of the molecule is CCCCCN(C)C(=O)c1ccc(I)c(Cl)c1. The van der Waals surface area contributed by atoms with Crippen LogP contribution in [0.5, 0.6) is 0 Å². The van der Waals surface area contributed by atoms with E-state index in [1.54, 1.807) is 11.0 Å². The second-order valence-electron chi connectivity index (χ2n) is 4.06. The second kappa shape index (κ2) is 7.21. The van der Waals surface area contributed by atoms with Gasteiger partial charge in [-0.2, -0.15) is 0 Å². The van der Waals surface area contributed by atoms with Crippen LogP contribution in [0.3, 0.4) is 0 Å². The van der Waals surface area contributed by atoms with Gasteiger partial charge in [0, 0.05) is 22.7 Å². The first-order chi connectivity index (χ1) is 8.06. The van der Waals surface area contributed by atoms with Gasteiger partial charge in [-0.1, -0.05) is 31.4 Å². The molecule has 17 heavy (non-hydrogen) atoms. The molecule has 1 amide bonds. The molecule has 1 aromatic carbocycles. The molecule has 0 aromatic heterocycles. The van der Waals surface area contributed by atoms with Gasteiger partial charge in [0.2, 0.25) is 0 Å². The maximum absolute atomic E-state index is 12.1. The fraction of sp³-hybridized carbons (Fsp3) is 0.462. The minimum atomic E-state index is 0.0411. The summed E-state index contributed by atoms with van der Waals surface area (Å²) in [5.41, 5.74) is 0.661. The van der Waals surface area contributed by atoms with Gasteiger partial charge in [0.05, 0.1) is 5.02 Å². The Kier molecular flexibility index (Phi) is 6.27. The first-order valence-corrected chi connectivity index (χ1v) is 7.22. The molecule has 0 fully saturated rings. The van der Waals surface area contributed by atoms with Crippen molar-refractivity contribution < 1.29 is 4.79 Å². The predicted octanol–water partition coefficient (Wildman–Crippen LogP) is 4.21. The number of unbranched alkanes of at least 4 members (excludes halogenated alkanes) is 2. The Morgan fingerprint density at radius 2 is 2.12 bits per heavy atom. The number of hydrogen-bond donors (Lipinski definition) is 0. The van der Waals surface area contributed by atoms with E-state index in [-0.39, 0.29) is 5.91 Å². The lowest BCUT2D eigenvalue weighted by molar-refractivity contribution is 0.0792. The normalized spacial score (nSPS) is 10.4. The lowest BCUT2D eigenvalue weighted by Gasteiger charge is -2.17. The monoisotopic (exact) mass is 365 g/mol. The minimum Gasteiger partial charge on any atom is -0.342 e. The molecule has 0 atom stereocenters. The Hall–Kier alpha value is -0.290. The molecule has 0 saturated carbocycles. The average molecular weight is 366 g/mol. The molecular weight excluding hydrogens is 349 g/mol. The van der Waals surface area contributed by atoms with Gasteiger partial charge in [-0.15, -0.1) is 0 Å². The van der Waals surface area contributed by atoms with E-state index >= 15 is 0 Å². The number of carbonyl (C=O) groups excluding carboxylic acids is 1. The van der Waals surface area contributed by atoms with Crippen LogP contribution >= 0.6 is 34.2 Å². The van der Waals surface area contributed by atoms with Gasteiger partial charge in [0.1, 0.15) is 0 Å². The second-order valence-corrected chi connectivity index (χ2v) is 5.63. The van der Waals surface area contributed by atoms with Crippen LogP contribution in [0.15, 0.2) is 18.2 Å². The molecule has 94 valence electrons. The van der Waals surface area contributed by atoms with Gasteiger partial charge in [-0.25, -0.2) is 0 Å². The Balaban J connectivity index is 2.65. The van der Waals surface area contributed by atoms with E-state index in [1.807, 2.05) is 19.2 Å². The van der Waals surface area contributed by atoms with Crippen LogP contribution in [0, 0.1) is 3.57 Å². The van der Waals surface area contributed by atoms with Crippen LogP contribution in [0.1, 0.15) is 36.5 Å². The summed E-state index contributed by atoms with van der Waals surface area (Å²) in [6.45, 7) is 2.96. The van der Waals surface area contributed by atoms with Crippen molar-refractivity contribution in [2.45, 2.75) is 26.2 Å². The summed E-state index contributed by atoms with van der Waals surface area (Å²) in [7, 11) is 1.84. The standard InChI is InChI=1S/C13H17ClINO/c1-3-4-5-8-16(2)13(17)10-6-7-12(15)11(14)9-10/h6-7,9H,3-5,8H2,1-2H3. The van der Waals surface area contributed by atoms with E-state index in [4.69, 9.17) is 11.6 Å². The van der Waals surface area contributed by atoms with Crippen LogP contribution < -0.4 is 0 Å². The predicted molar refractivity (Wildman–Crippen MR) is 80.7 cm³/mol. The maximum Gasteiger partial charge on any atom is 0.253 e. The highest BCUT2D eigenvalue weighted by Crippen LogP contribution is 2.20. The number of benzene rings is 1.